The number of carbonyl (C=O) groups is 1. The van der Waals surface area contributed by atoms with Gasteiger partial charge in [-0.1, -0.05) is 30.7 Å². The summed E-state index contributed by atoms with van der Waals surface area (Å²) in [6.07, 6.45) is -3.71. The molecule has 28 heavy (non-hydrogen) atoms. The highest BCUT2D eigenvalue weighted by Crippen LogP contribution is 2.35. The molecule has 1 N–H and O–H groups in total. The lowest BCUT2D eigenvalue weighted by atomic mass is 10.1. The van der Waals surface area contributed by atoms with Crippen molar-refractivity contribution in [3.63, 3.8) is 0 Å². The number of nitrogens with one attached hydrogen (secondary N) is 1. The molecule has 0 fully saturated rings. The van der Waals surface area contributed by atoms with Gasteiger partial charge in [-0.05, 0) is 42.8 Å². The van der Waals surface area contributed by atoms with Crippen molar-refractivity contribution in [1.29, 1.82) is 0 Å². The Bertz CT molecular complexity index is 947. The summed E-state index contributed by atoms with van der Waals surface area (Å²) in [5.41, 5.74) is -1.28. The number of alkyl halides is 3. The number of sulfonamides is 1. The van der Waals surface area contributed by atoms with Gasteiger partial charge in [0.15, 0.2) is 0 Å². The van der Waals surface area contributed by atoms with E-state index in [1.807, 2.05) is 0 Å². The molecule has 0 radical (unpaired) electrons. The fourth-order valence-corrected chi connectivity index (χ4v) is 4.04. The number of hydrogen-bond acceptors (Lipinski definition) is 3. The monoisotopic (exact) mass is 434 g/mol. The first-order valence-corrected chi connectivity index (χ1v) is 10.4. The van der Waals surface area contributed by atoms with E-state index in [1.165, 1.54) is 36.4 Å². The van der Waals surface area contributed by atoms with E-state index in [9.17, 15) is 26.4 Å². The Balaban J connectivity index is 2.42. The number of nitrogens with zero attached hydrogens (tertiary/aromatic N) is 1. The second-order valence-corrected chi connectivity index (χ2v) is 8.29. The van der Waals surface area contributed by atoms with Crippen molar-refractivity contribution in [2.75, 3.05) is 15.9 Å². The molecule has 1 atom stereocenters. The van der Waals surface area contributed by atoms with E-state index in [1.54, 1.807) is 6.92 Å². The van der Waals surface area contributed by atoms with Crippen molar-refractivity contribution in [1.82, 2.24) is 0 Å². The van der Waals surface area contributed by atoms with Crippen molar-refractivity contribution in [2.45, 2.75) is 25.6 Å². The fourth-order valence-electron chi connectivity index (χ4n) is 2.70. The molecule has 152 valence electrons. The lowest BCUT2D eigenvalue weighted by Crippen LogP contribution is -2.47. The summed E-state index contributed by atoms with van der Waals surface area (Å²) in [5.74, 6) is -0.875. The van der Waals surface area contributed by atoms with Gasteiger partial charge in [0.2, 0.25) is 15.9 Å². The SMILES string of the molecule is CC[C@H](C(=O)Nc1ccccc1C(F)(F)F)N(c1ccc(Cl)cc1)S(C)(=O)=O. The predicted molar refractivity (Wildman–Crippen MR) is 103 cm³/mol. The molecule has 2 rings (SSSR count). The third kappa shape index (κ3) is 5.17. The van der Waals surface area contributed by atoms with E-state index < -0.39 is 39.4 Å². The van der Waals surface area contributed by atoms with Crippen molar-refractivity contribution in [2.24, 2.45) is 0 Å². The molecule has 5 nitrogen and oxygen atoms in total. The van der Waals surface area contributed by atoms with Crippen molar-refractivity contribution >= 4 is 38.9 Å². The first-order chi connectivity index (χ1) is 12.9. The average molecular weight is 435 g/mol. The van der Waals surface area contributed by atoms with E-state index >= 15 is 0 Å². The fraction of sp³-hybridized carbons (Fsp3) is 0.278. The molecule has 10 heteroatoms. The van der Waals surface area contributed by atoms with Crippen molar-refractivity contribution in [3.8, 4) is 0 Å². The molecule has 0 spiro atoms. The minimum atomic E-state index is -4.67. The highest BCUT2D eigenvalue weighted by molar-refractivity contribution is 7.92. The summed E-state index contributed by atoms with van der Waals surface area (Å²) in [6.45, 7) is 1.56. The molecule has 2 aromatic rings. The summed E-state index contributed by atoms with van der Waals surface area (Å²) < 4.78 is 65.0. The van der Waals surface area contributed by atoms with Gasteiger partial charge in [0.25, 0.3) is 0 Å². The summed E-state index contributed by atoms with van der Waals surface area (Å²) in [4.78, 5) is 12.7. The van der Waals surface area contributed by atoms with Crippen LogP contribution >= 0.6 is 11.6 Å². The van der Waals surface area contributed by atoms with E-state index in [4.69, 9.17) is 11.6 Å². The predicted octanol–water partition coefficient (Wildman–Crippen LogP) is 4.54. The average Bonchev–Trinajstić information content (AvgIpc) is 2.59. The molecule has 2 aromatic carbocycles. The third-order valence-electron chi connectivity index (χ3n) is 3.90. The Morgan fingerprint density at radius 1 is 1.14 bits per heavy atom. The lowest BCUT2D eigenvalue weighted by Gasteiger charge is -2.30. The number of carbonyl (C=O) groups excluding carboxylic acids is 1. The Kier molecular flexibility index (Phi) is 6.61. The molecular weight excluding hydrogens is 417 g/mol. The number of benzene rings is 2. The topological polar surface area (TPSA) is 66.5 Å². The highest BCUT2D eigenvalue weighted by Gasteiger charge is 2.36. The molecule has 0 heterocycles. The van der Waals surface area contributed by atoms with Crippen molar-refractivity contribution < 1.29 is 26.4 Å². The molecule has 0 aromatic heterocycles. The number of rotatable bonds is 6. The zero-order valence-electron chi connectivity index (χ0n) is 15.0. The molecular formula is C18H18ClF3N2O3S. The van der Waals surface area contributed by atoms with Gasteiger partial charge in [-0.2, -0.15) is 13.2 Å². The lowest BCUT2D eigenvalue weighted by molar-refractivity contribution is -0.137. The van der Waals surface area contributed by atoms with Crippen LogP contribution in [0, 0.1) is 0 Å². The Morgan fingerprint density at radius 2 is 1.71 bits per heavy atom. The summed E-state index contributed by atoms with van der Waals surface area (Å²) in [6, 6.07) is 9.00. The van der Waals surface area contributed by atoms with Gasteiger partial charge in [-0.25, -0.2) is 8.42 Å². The minimum absolute atomic E-state index is 0.0374. The van der Waals surface area contributed by atoms with Crippen LogP contribution in [-0.2, 0) is 21.0 Å². The zero-order valence-corrected chi connectivity index (χ0v) is 16.6. The molecule has 0 unspecified atom stereocenters. The maximum atomic E-state index is 13.2. The number of para-hydroxylation sites is 1. The second kappa shape index (κ2) is 8.40. The standard InChI is InChI=1S/C18H18ClF3N2O3S/c1-3-16(24(28(2,26)27)13-10-8-12(19)9-11-13)17(25)23-15-7-5-4-6-14(15)18(20,21)22/h4-11,16H,3H2,1-2H3,(H,23,25)/t16-/m1/s1. The van der Waals surface area contributed by atoms with Gasteiger partial charge in [-0.15, -0.1) is 0 Å². The Labute approximate surface area is 166 Å². The third-order valence-corrected chi connectivity index (χ3v) is 5.33. The zero-order chi connectivity index (χ0) is 21.1. The maximum Gasteiger partial charge on any atom is 0.418 e. The van der Waals surface area contributed by atoms with Crippen molar-refractivity contribution in [3.05, 3.63) is 59.1 Å². The Morgan fingerprint density at radius 3 is 2.21 bits per heavy atom. The number of amides is 1. The minimum Gasteiger partial charge on any atom is -0.324 e. The van der Waals surface area contributed by atoms with Crippen LogP contribution in [-0.4, -0.2) is 26.6 Å². The quantitative estimate of drug-likeness (QED) is 0.725. The highest BCUT2D eigenvalue weighted by atomic mass is 35.5. The van der Waals surface area contributed by atoms with Gasteiger partial charge >= 0.3 is 6.18 Å². The first kappa shape index (κ1) is 22.0. The van der Waals surface area contributed by atoms with Gasteiger partial charge < -0.3 is 5.32 Å². The van der Waals surface area contributed by atoms with Crippen LogP contribution in [0.5, 0.6) is 0 Å². The molecule has 0 aliphatic rings. The van der Waals surface area contributed by atoms with E-state index in [0.29, 0.717) is 5.02 Å². The van der Waals surface area contributed by atoms with E-state index in [2.05, 4.69) is 5.32 Å². The van der Waals surface area contributed by atoms with Crippen LogP contribution in [0.2, 0.25) is 5.02 Å². The molecule has 0 saturated heterocycles. The van der Waals surface area contributed by atoms with Crippen LogP contribution in [0.4, 0.5) is 24.5 Å². The summed E-state index contributed by atoms with van der Waals surface area (Å²) >= 11 is 5.82. The Hall–Kier alpha value is -2.26. The van der Waals surface area contributed by atoms with Gasteiger partial charge in [-0.3, -0.25) is 9.10 Å². The van der Waals surface area contributed by atoms with Gasteiger partial charge in [0.1, 0.15) is 6.04 Å². The molecule has 1 amide bonds. The van der Waals surface area contributed by atoms with Crippen LogP contribution in [0.25, 0.3) is 0 Å². The maximum absolute atomic E-state index is 13.2. The summed E-state index contributed by atoms with van der Waals surface area (Å²) in [5, 5.41) is 2.58. The molecule has 0 aliphatic heterocycles. The summed E-state index contributed by atoms with van der Waals surface area (Å²) in [7, 11) is -3.91. The largest absolute Gasteiger partial charge is 0.418 e. The number of halogens is 4. The van der Waals surface area contributed by atoms with E-state index in [0.717, 1.165) is 22.7 Å². The smallest absolute Gasteiger partial charge is 0.324 e. The first-order valence-electron chi connectivity index (χ1n) is 8.17. The molecule has 0 saturated carbocycles. The van der Waals surface area contributed by atoms with Gasteiger partial charge in [0, 0.05) is 5.02 Å². The normalized spacial score (nSPS) is 13.1. The molecule has 0 bridgehead atoms. The van der Waals surface area contributed by atoms with Crippen LogP contribution in [0.15, 0.2) is 48.5 Å². The van der Waals surface area contributed by atoms with Crippen LogP contribution in [0.1, 0.15) is 18.9 Å². The second-order valence-electron chi connectivity index (χ2n) is 5.99. The van der Waals surface area contributed by atoms with E-state index in [-0.39, 0.29) is 12.1 Å². The number of hydrogen-bond donors (Lipinski definition) is 1. The number of anilines is 2. The molecule has 0 aliphatic carbocycles. The van der Waals surface area contributed by atoms with Gasteiger partial charge in [0.05, 0.1) is 23.2 Å². The van der Waals surface area contributed by atoms with Crippen LogP contribution in [0.3, 0.4) is 0 Å². The van der Waals surface area contributed by atoms with Crippen LogP contribution < -0.4 is 9.62 Å².